The fourth-order valence-corrected chi connectivity index (χ4v) is 10.5. The molecule has 8 aromatic rings. The lowest BCUT2D eigenvalue weighted by atomic mass is 9.79. The number of para-hydroxylation sites is 1. The Bertz CT molecular complexity index is 3060. The van der Waals surface area contributed by atoms with Crippen LogP contribution in [0.15, 0.2) is 175 Å². The molecule has 58 heavy (non-hydrogen) atoms. The Labute approximate surface area is 342 Å². The molecule has 0 amide bonds. The van der Waals surface area contributed by atoms with Crippen LogP contribution in [0.4, 0.5) is 17.1 Å². The zero-order valence-corrected chi connectivity index (χ0v) is 33.8. The second-order valence-electron chi connectivity index (χ2n) is 17.4. The van der Waals surface area contributed by atoms with E-state index in [4.69, 9.17) is 0 Å². The lowest BCUT2D eigenvalue weighted by Crippen LogP contribution is -2.17. The maximum Gasteiger partial charge on any atom is 0.0540 e. The van der Waals surface area contributed by atoms with E-state index >= 15 is 0 Å². The van der Waals surface area contributed by atoms with Gasteiger partial charge in [-0.2, -0.15) is 0 Å². The van der Waals surface area contributed by atoms with Crippen LogP contribution in [-0.4, -0.2) is 0 Å². The number of allylic oxidation sites excluding steroid dienone is 5. The Hall–Kier alpha value is -6.44. The lowest BCUT2D eigenvalue weighted by molar-refractivity contribution is 0.643. The molecule has 0 fully saturated rings. The number of nitrogens with zero attached hydrogens (tertiary/aromatic N) is 1. The second kappa shape index (κ2) is 13.3. The van der Waals surface area contributed by atoms with E-state index < -0.39 is 0 Å². The van der Waals surface area contributed by atoms with E-state index in [1.54, 1.807) is 0 Å². The zero-order chi connectivity index (χ0) is 39.1. The van der Waals surface area contributed by atoms with Crippen LogP contribution in [0.2, 0.25) is 0 Å². The van der Waals surface area contributed by atoms with E-state index in [1.807, 2.05) is 0 Å². The Morgan fingerprint density at radius 2 is 1.26 bits per heavy atom. The molecule has 1 heteroatoms. The summed E-state index contributed by atoms with van der Waals surface area (Å²) in [7, 11) is 0. The number of anilines is 3. The van der Waals surface area contributed by atoms with Crippen LogP contribution in [0, 0.1) is 5.92 Å². The summed E-state index contributed by atoms with van der Waals surface area (Å²) >= 11 is 0. The topological polar surface area (TPSA) is 3.24 Å². The Balaban J connectivity index is 1.07. The Kier molecular flexibility index (Phi) is 7.99. The number of fused-ring (bicyclic) bond motifs is 8. The second-order valence-corrected chi connectivity index (χ2v) is 17.4. The van der Waals surface area contributed by atoms with Crippen molar-refractivity contribution in [3.63, 3.8) is 0 Å². The molecular weight excluding hydrogens is 699 g/mol. The summed E-state index contributed by atoms with van der Waals surface area (Å²) < 4.78 is 0. The average Bonchev–Trinajstić information content (AvgIpc) is 3.48. The van der Waals surface area contributed by atoms with Crippen LogP contribution >= 0.6 is 0 Å². The maximum absolute atomic E-state index is 2.51. The third-order valence-corrected chi connectivity index (χ3v) is 13.4. The van der Waals surface area contributed by atoms with Crippen LogP contribution in [0.5, 0.6) is 0 Å². The summed E-state index contributed by atoms with van der Waals surface area (Å²) in [6.45, 7) is 9.50. The first-order valence-corrected chi connectivity index (χ1v) is 21.0. The summed E-state index contributed by atoms with van der Waals surface area (Å²) in [5, 5.41) is 7.73. The van der Waals surface area contributed by atoms with E-state index in [1.165, 1.54) is 99.3 Å². The van der Waals surface area contributed by atoms with E-state index in [-0.39, 0.29) is 5.41 Å². The molecule has 2 unspecified atom stereocenters. The van der Waals surface area contributed by atoms with Gasteiger partial charge in [-0.15, -0.1) is 0 Å². The Morgan fingerprint density at radius 1 is 0.552 bits per heavy atom. The van der Waals surface area contributed by atoms with Gasteiger partial charge in [-0.25, -0.2) is 0 Å². The molecule has 0 heterocycles. The molecule has 0 aromatic heterocycles. The molecule has 0 spiro atoms. The van der Waals surface area contributed by atoms with Crippen molar-refractivity contribution < 1.29 is 0 Å². The minimum absolute atomic E-state index is 0.0186. The molecule has 0 radical (unpaired) electrons. The van der Waals surface area contributed by atoms with Gasteiger partial charge in [0.05, 0.1) is 5.69 Å². The van der Waals surface area contributed by atoms with Crippen molar-refractivity contribution in [3.8, 4) is 22.3 Å². The number of hydrogen-bond donors (Lipinski definition) is 0. The highest BCUT2D eigenvalue weighted by Gasteiger charge is 2.38. The van der Waals surface area contributed by atoms with Gasteiger partial charge in [0.15, 0.2) is 0 Å². The summed E-state index contributed by atoms with van der Waals surface area (Å²) in [6.07, 6.45) is 11.6. The highest BCUT2D eigenvalue weighted by Crippen LogP contribution is 2.53. The van der Waals surface area contributed by atoms with Crippen molar-refractivity contribution in [1.82, 2.24) is 0 Å². The van der Waals surface area contributed by atoms with Gasteiger partial charge < -0.3 is 4.90 Å². The summed E-state index contributed by atoms with van der Waals surface area (Å²) in [6, 6.07) is 57.2. The Morgan fingerprint density at radius 3 is 2.12 bits per heavy atom. The van der Waals surface area contributed by atoms with Crippen molar-refractivity contribution in [1.29, 1.82) is 0 Å². The smallest absolute Gasteiger partial charge is 0.0540 e. The third-order valence-electron chi connectivity index (χ3n) is 13.4. The molecule has 8 aromatic carbocycles. The molecule has 0 saturated carbocycles. The third kappa shape index (κ3) is 5.44. The summed E-state index contributed by atoms with van der Waals surface area (Å²) in [4.78, 5) is 2.51. The number of hydrogen-bond acceptors (Lipinski definition) is 1. The van der Waals surface area contributed by atoms with Crippen LogP contribution in [0.1, 0.15) is 68.7 Å². The van der Waals surface area contributed by atoms with Crippen LogP contribution in [-0.2, 0) is 5.41 Å². The van der Waals surface area contributed by atoms with E-state index in [0.717, 1.165) is 18.5 Å². The summed E-state index contributed by atoms with van der Waals surface area (Å²) in [5.41, 5.74) is 17.1. The quantitative estimate of drug-likeness (QED) is 0.159. The maximum atomic E-state index is 2.51. The largest absolute Gasteiger partial charge is 0.310 e. The monoisotopic (exact) mass is 745 g/mol. The van der Waals surface area contributed by atoms with Gasteiger partial charge >= 0.3 is 0 Å². The number of benzene rings is 8. The van der Waals surface area contributed by atoms with Crippen LogP contribution in [0.3, 0.4) is 0 Å². The zero-order valence-electron chi connectivity index (χ0n) is 33.8. The molecular formula is C57H47N. The van der Waals surface area contributed by atoms with Gasteiger partial charge in [0.1, 0.15) is 0 Å². The van der Waals surface area contributed by atoms with E-state index in [9.17, 15) is 0 Å². The number of rotatable bonds is 5. The minimum atomic E-state index is -0.0186. The minimum Gasteiger partial charge on any atom is -0.310 e. The fourth-order valence-electron chi connectivity index (χ4n) is 10.5. The van der Waals surface area contributed by atoms with Gasteiger partial charge in [-0.05, 0) is 143 Å². The molecule has 0 aliphatic heterocycles. The van der Waals surface area contributed by atoms with E-state index in [2.05, 4.69) is 209 Å². The van der Waals surface area contributed by atoms with Gasteiger partial charge in [0.25, 0.3) is 0 Å². The first-order valence-electron chi connectivity index (χ1n) is 21.0. The SMILES string of the molecule is CC1C=CC2=C(C1)c1cc(N(c3ccc(-c4ccc5ccc6c7ccccc7ccc6c5c4)cc3)c3ccccc3-c3cccc4c3C(C)CC=C4)ccc1C2(C)C. The lowest BCUT2D eigenvalue weighted by Gasteiger charge is -2.30. The van der Waals surface area contributed by atoms with Crippen molar-refractivity contribution in [3.05, 3.63) is 198 Å². The van der Waals surface area contributed by atoms with Gasteiger partial charge in [-0.1, -0.05) is 167 Å². The fraction of sp³-hybridized carbons (Fsp3) is 0.158. The molecule has 3 aliphatic carbocycles. The molecule has 280 valence electrons. The van der Waals surface area contributed by atoms with Gasteiger partial charge in [0, 0.05) is 22.4 Å². The molecule has 0 bridgehead atoms. The van der Waals surface area contributed by atoms with Crippen LogP contribution in [0.25, 0.3) is 66.2 Å². The van der Waals surface area contributed by atoms with Gasteiger partial charge in [0.2, 0.25) is 0 Å². The highest BCUT2D eigenvalue weighted by molar-refractivity contribution is 6.17. The predicted octanol–water partition coefficient (Wildman–Crippen LogP) is 16.1. The van der Waals surface area contributed by atoms with Crippen LogP contribution < -0.4 is 4.90 Å². The predicted molar refractivity (Wildman–Crippen MR) is 249 cm³/mol. The van der Waals surface area contributed by atoms with Crippen molar-refractivity contribution in [2.45, 2.75) is 51.9 Å². The standard InChI is InChI=1S/C57H47N/c1-36-19-31-53-51(33-36)52-35-44(28-32-54(52)57(53,3)4)58(55-18-8-7-16-48(55)49-17-10-14-41-13-9-11-37(2)56(41)49)43-26-22-38(23-27-43)42-21-20-40-25-29-46-45-15-6-5-12-39(45)24-30-47(46)50(40)34-42/h5-10,12-32,34-37H,11,33H2,1-4H3. The molecule has 1 nitrogen and oxygen atoms in total. The van der Waals surface area contributed by atoms with E-state index in [0.29, 0.717) is 11.8 Å². The molecule has 0 N–H and O–H groups in total. The highest BCUT2D eigenvalue weighted by atomic mass is 15.1. The first kappa shape index (κ1) is 34.8. The molecule has 2 atom stereocenters. The van der Waals surface area contributed by atoms with Gasteiger partial charge in [-0.3, -0.25) is 0 Å². The van der Waals surface area contributed by atoms with Crippen molar-refractivity contribution in [2.24, 2.45) is 5.92 Å². The molecule has 0 saturated heterocycles. The van der Waals surface area contributed by atoms with Crippen molar-refractivity contribution >= 4 is 61.0 Å². The average molecular weight is 746 g/mol. The molecule has 3 aliphatic rings. The van der Waals surface area contributed by atoms with Crippen molar-refractivity contribution in [2.75, 3.05) is 4.90 Å². The molecule has 11 rings (SSSR count). The first-order chi connectivity index (χ1) is 28.3. The summed E-state index contributed by atoms with van der Waals surface area (Å²) in [5.74, 6) is 0.977. The normalized spacial score (nSPS) is 17.8.